The number of likely N-dealkylation sites (N-methyl/N-ethyl adjacent to an activating group) is 1. The zero-order chi connectivity index (χ0) is 17.7. The van der Waals surface area contributed by atoms with Crippen molar-refractivity contribution in [2.45, 2.75) is 39.3 Å². The molecule has 1 unspecified atom stereocenters. The Hall–Kier alpha value is -1.60. The van der Waals surface area contributed by atoms with Gasteiger partial charge in [0.25, 0.3) is 0 Å². The quantitative estimate of drug-likeness (QED) is 0.810. The van der Waals surface area contributed by atoms with Crippen molar-refractivity contribution in [2.75, 3.05) is 29.9 Å². The van der Waals surface area contributed by atoms with Crippen molar-refractivity contribution >= 4 is 21.4 Å². The molecule has 0 radical (unpaired) electrons. The van der Waals surface area contributed by atoms with Crippen molar-refractivity contribution in [1.82, 2.24) is 4.90 Å². The third-order valence-electron chi connectivity index (χ3n) is 3.99. The van der Waals surface area contributed by atoms with Crippen molar-refractivity contribution in [3.63, 3.8) is 0 Å². The number of nitrogens with zero attached hydrogens (tertiary/aromatic N) is 1. The molecule has 2 rings (SSSR count). The van der Waals surface area contributed by atoms with E-state index in [0.717, 1.165) is 5.75 Å². The van der Waals surface area contributed by atoms with Gasteiger partial charge in [0, 0.05) is 11.7 Å². The molecule has 0 spiro atoms. The summed E-state index contributed by atoms with van der Waals surface area (Å²) in [5.74, 6) is 0.982. The average Bonchev–Trinajstić information content (AvgIpc) is 2.86. The lowest BCUT2D eigenvalue weighted by molar-refractivity contribution is -0.117. The second-order valence-electron chi connectivity index (χ2n) is 6.36. The number of carbonyl (C=O) groups excluding carboxylic acids is 1. The average molecular weight is 354 g/mol. The van der Waals surface area contributed by atoms with E-state index in [-0.39, 0.29) is 36.1 Å². The summed E-state index contributed by atoms with van der Waals surface area (Å²) in [5, 5.41) is 2.85. The first kappa shape index (κ1) is 18.7. The molecule has 24 heavy (non-hydrogen) atoms. The molecule has 134 valence electrons. The first-order valence-electron chi connectivity index (χ1n) is 8.30. The van der Waals surface area contributed by atoms with Crippen LogP contribution in [-0.2, 0) is 14.6 Å². The highest BCUT2D eigenvalue weighted by molar-refractivity contribution is 7.91. The van der Waals surface area contributed by atoms with E-state index in [1.54, 1.807) is 12.1 Å². The summed E-state index contributed by atoms with van der Waals surface area (Å²) in [5.41, 5.74) is 0.700. The number of amides is 1. The highest BCUT2D eigenvalue weighted by Crippen LogP contribution is 2.19. The molecule has 1 fully saturated rings. The molecule has 0 aliphatic carbocycles. The Morgan fingerprint density at radius 2 is 2.00 bits per heavy atom. The largest absolute Gasteiger partial charge is 0.491 e. The Morgan fingerprint density at radius 1 is 1.33 bits per heavy atom. The molecule has 1 aromatic carbocycles. The summed E-state index contributed by atoms with van der Waals surface area (Å²) in [6.07, 6.45) is 0.705. The van der Waals surface area contributed by atoms with Crippen molar-refractivity contribution in [3.8, 4) is 5.75 Å². The van der Waals surface area contributed by atoms with Gasteiger partial charge in [-0.25, -0.2) is 8.42 Å². The van der Waals surface area contributed by atoms with Gasteiger partial charge in [0.2, 0.25) is 5.91 Å². The summed E-state index contributed by atoms with van der Waals surface area (Å²) in [4.78, 5) is 14.2. The van der Waals surface area contributed by atoms with Crippen LogP contribution in [0.4, 0.5) is 5.69 Å². The summed E-state index contributed by atoms with van der Waals surface area (Å²) in [7, 11) is -2.95. The van der Waals surface area contributed by atoms with Gasteiger partial charge in [-0.1, -0.05) is 6.92 Å². The molecule has 1 amide bonds. The minimum atomic E-state index is -2.95. The van der Waals surface area contributed by atoms with Crippen LogP contribution in [0.5, 0.6) is 5.75 Å². The SMILES string of the molecule is CCN(CC(=O)Nc1ccc(OC(C)C)cc1)C1CCS(=O)(=O)C1. The lowest BCUT2D eigenvalue weighted by Crippen LogP contribution is -2.41. The monoisotopic (exact) mass is 354 g/mol. The summed E-state index contributed by atoms with van der Waals surface area (Å²) < 4.78 is 28.8. The zero-order valence-electron chi connectivity index (χ0n) is 14.5. The van der Waals surface area contributed by atoms with Crippen molar-refractivity contribution in [2.24, 2.45) is 0 Å². The number of anilines is 1. The molecule has 0 saturated carbocycles. The molecule has 1 aliphatic heterocycles. The number of ether oxygens (including phenoxy) is 1. The second-order valence-corrected chi connectivity index (χ2v) is 8.59. The third kappa shape index (κ3) is 5.49. The normalized spacial score (nSPS) is 19.6. The Labute approximate surface area is 144 Å². The molecule has 1 heterocycles. The van der Waals surface area contributed by atoms with E-state index in [0.29, 0.717) is 18.7 Å². The molecular weight excluding hydrogens is 328 g/mol. The molecule has 1 aromatic rings. The third-order valence-corrected chi connectivity index (χ3v) is 5.74. The standard InChI is InChI=1S/C17H26N2O4S/c1-4-19(15-9-10-24(21,22)12-15)11-17(20)18-14-5-7-16(8-6-14)23-13(2)3/h5-8,13,15H,4,9-12H2,1-3H3,(H,18,20). The molecule has 0 aromatic heterocycles. The number of nitrogens with one attached hydrogen (secondary N) is 1. The minimum absolute atomic E-state index is 0.0624. The summed E-state index contributed by atoms with van der Waals surface area (Å²) in [6, 6.07) is 7.17. The minimum Gasteiger partial charge on any atom is -0.491 e. The second kappa shape index (κ2) is 7.98. The number of carbonyl (C=O) groups is 1. The maximum absolute atomic E-state index is 12.2. The van der Waals surface area contributed by atoms with Crippen LogP contribution in [0.15, 0.2) is 24.3 Å². The van der Waals surface area contributed by atoms with E-state index in [1.807, 2.05) is 37.8 Å². The predicted octanol–water partition coefficient (Wildman–Crippen LogP) is 1.92. The number of rotatable bonds is 7. The predicted molar refractivity (Wildman–Crippen MR) is 95.1 cm³/mol. The van der Waals surface area contributed by atoms with E-state index in [9.17, 15) is 13.2 Å². The number of sulfone groups is 1. The first-order valence-corrected chi connectivity index (χ1v) is 10.1. The van der Waals surface area contributed by atoms with E-state index in [1.165, 1.54) is 0 Å². The molecule has 1 atom stereocenters. The van der Waals surface area contributed by atoms with E-state index < -0.39 is 9.84 Å². The summed E-state index contributed by atoms with van der Waals surface area (Å²) >= 11 is 0. The Kier molecular flexibility index (Phi) is 6.23. The lowest BCUT2D eigenvalue weighted by atomic mass is 10.2. The Morgan fingerprint density at radius 3 is 2.50 bits per heavy atom. The number of hydrogen-bond donors (Lipinski definition) is 1. The van der Waals surface area contributed by atoms with E-state index >= 15 is 0 Å². The highest BCUT2D eigenvalue weighted by Gasteiger charge is 2.32. The van der Waals surface area contributed by atoms with Crippen LogP contribution in [0.3, 0.4) is 0 Å². The van der Waals surface area contributed by atoms with Crippen molar-refractivity contribution in [3.05, 3.63) is 24.3 Å². The maximum Gasteiger partial charge on any atom is 0.238 e. The molecular formula is C17H26N2O4S. The number of hydrogen-bond acceptors (Lipinski definition) is 5. The fraction of sp³-hybridized carbons (Fsp3) is 0.588. The van der Waals surface area contributed by atoms with Crippen LogP contribution >= 0.6 is 0 Å². The van der Waals surface area contributed by atoms with Crippen molar-refractivity contribution < 1.29 is 17.9 Å². The van der Waals surface area contributed by atoms with Crippen LogP contribution in [0, 0.1) is 0 Å². The molecule has 1 saturated heterocycles. The zero-order valence-corrected chi connectivity index (χ0v) is 15.3. The lowest BCUT2D eigenvalue weighted by Gasteiger charge is -2.25. The van der Waals surface area contributed by atoms with Gasteiger partial charge in [-0.3, -0.25) is 9.69 Å². The fourth-order valence-electron chi connectivity index (χ4n) is 2.84. The van der Waals surface area contributed by atoms with E-state index in [2.05, 4.69) is 5.32 Å². The smallest absolute Gasteiger partial charge is 0.238 e. The van der Waals surface area contributed by atoms with Gasteiger partial charge in [-0.05, 0) is 51.1 Å². The van der Waals surface area contributed by atoms with Gasteiger partial charge >= 0.3 is 0 Å². The van der Waals surface area contributed by atoms with Crippen LogP contribution in [0.25, 0.3) is 0 Å². The van der Waals surface area contributed by atoms with Gasteiger partial charge in [0.1, 0.15) is 5.75 Å². The van der Waals surface area contributed by atoms with Crippen LogP contribution < -0.4 is 10.1 Å². The van der Waals surface area contributed by atoms with Gasteiger partial charge in [0.05, 0.1) is 24.2 Å². The van der Waals surface area contributed by atoms with E-state index in [4.69, 9.17) is 4.74 Å². The van der Waals surface area contributed by atoms with Crippen LogP contribution in [0.1, 0.15) is 27.2 Å². The molecule has 0 bridgehead atoms. The molecule has 1 aliphatic rings. The first-order chi connectivity index (χ1) is 11.3. The Bertz CT molecular complexity index is 656. The van der Waals surface area contributed by atoms with Crippen LogP contribution in [0.2, 0.25) is 0 Å². The topological polar surface area (TPSA) is 75.7 Å². The molecule has 7 heteroatoms. The highest BCUT2D eigenvalue weighted by atomic mass is 32.2. The van der Waals surface area contributed by atoms with Crippen molar-refractivity contribution in [1.29, 1.82) is 0 Å². The van der Waals surface area contributed by atoms with Gasteiger partial charge in [-0.15, -0.1) is 0 Å². The van der Waals surface area contributed by atoms with Crippen LogP contribution in [-0.4, -0.2) is 56.0 Å². The van der Waals surface area contributed by atoms with Gasteiger partial charge in [-0.2, -0.15) is 0 Å². The summed E-state index contributed by atoms with van der Waals surface area (Å²) in [6.45, 7) is 6.70. The number of benzene rings is 1. The van der Waals surface area contributed by atoms with Gasteiger partial charge < -0.3 is 10.1 Å². The maximum atomic E-state index is 12.2. The molecule has 1 N–H and O–H groups in total. The Balaban J connectivity index is 1.89. The molecule has 6 nitrogen and oxygen atoms in total. The fourth-order valence-corrected chi connectivity index (χ4v) is 4.60. The van der Waals surface area contributed by atoms with Gasteiger partial charge in [0.15, 0.2) is 9.84 Å².